The number of para-hydroxylation sites is 1. The van der Waals surface area contributed by atoms with Crippen molar-refractivity contribution in [3.8, 4) is 0 Å². The summed E-state index contributed by atoms with van der Waals surface area (Å²) in [5.74, 6) is -0.234. The number of hydrogen-bond donors (Lipinski definition) is 2. The maximum atomic E-state index is 12.5. The summed E-state index contributed by atoms with van der Waals surface area (Å²) >= 11 is 0. The summed E-state index contributed by atoms with van der Waals surface area (Å²) in [6.45, 7) is 5.61. The van der Waals surface area contributed by atoms with Crippen LogP contribution in [0.3, 0.4) is 0 Å². The van der Waals surface area contributed by atoms with Crippen LogP contribution in [0.25, 0.3) is 10.9 Å². The first-order valence-corrected chi connectivity index (χ1v) is 9.39. The first-order valence-electron chi connectivity index (χ1n) is 9.39. The molecule has 0 aliphatic rings. The number of carbonyl (C=O) groups is 1. The number of anilines is 1. The lowest BCUT2D eigenvalue weighted by molar-refractivity contribution is 0.0956. The average molecular weight is 378 g/mol. The van der Waals surface area contributed by atoms with Crippen molar-refractivity contribution in [1.82, 2.24) is 9.99 Å². The first-order chi connectivity index (χ1) is 13.5. The smallest absolute Gasteiger partial charge is 0.273 e. The second-order valence-electron chi connectivity index (χ2n) is 6.71. The van der Waals surface area contributed by atoms with E-state index in [1.807, 2.05) is 61.1 Å². The molecule has 6 heteroatoms. The van der Waals surface area contributed by atoms with Gasteiger partial charge in [0, 0.05) is 42.9 Å². The van der Waals surface area contributed by atoms with Crippen LogP contribution in [0.1, 0.15) is 28.4 Å². The minimum absolute atomic E-state index is 0.121. The predicted octanol–water partition coefficient (Wildman–Crippen LogP) is 3.07. The number of nitrogens with one attached hydrogen (secondary N) is 1. The molecule has 0 unspecified atom stereocenters. The van der Waals surface area contributed by atoms with Gasteiger partial charge in [-0.3, -0.25) is 4.79 Å². The zero-order valence-electron chi connectivity index (χ0n) is 16.5. The van der Waals surface area contributed by atoms with Gasteiger partial charge in [0.25, 0.3) is 5.91 Å². The number of hydrazone groups is 1. The van der Waals surface area contributed by atoms with E-state index in [4.69, 9.17) is 0 Å². The van der Waals surface area contributed by atoms with Gasteiger partial charge in [0.1, 0.15) is 0 Å². The number of likely N-dealkylation sites (N-methyl/N-ethyl adjacent to an activating group) is 1. The summed E-state index contributed by atoms with van der Waals surface area (Å²) in [7, 11) is 1.92. The Morgan fingerprint density at radius 2 is 2.07 bits per heavy atom. The van der Waals surface area contributed by atoms with Crippen molar-refractivity contribution in [2.24, 2.45) is 12.1 Å². The maximum Gasteiger partial charge on any atom is 0.273 e. The Bertz CT molecular complexity index is 1010. The van der Waals surface area contributed by atoms with Gasteiger partial charge in [0.15, 0.2) is 0 Å². The highest BCUT2D eigenvalue weighted by Crippen LogP contribution is 2.20. The molecule has 1 heterocycles. The lowest BCUT2D eigenvalue weighted by atomic mass is 10.1. The number of benzene rings is 2. The molecule has 0 fully saturated rings. The summed E-state index contributed by atoms with van der Waals surface area (Å²) in [6.07, 6.45) is 3.47. The predicted molar refractivity (Wildman–Crippen MR) is 114 cm³/mol. The van der Waals surface area contributed by atoms with Crippen LogP contribution < -0.4 is 10.3 Å². The molecule has 0 saturated heterocycles. The molecule has 2 N–H and O–H groups in total. The van der Waals surface area contributed by atoms with E-state index in [1.54, 1.807) is 6.21 Å². The molecule has 2 aromatic carbocycles. The number of aromatic nitrogens is 1. The van der Waals surface area contributed by atoms with Crippen LogP contribution in [0.2, 0.25) is 0 Å². The van der Waals surface area contributed by atoms with E-state index in [0.717, 1.165) is 34.3 Å². The van der Waals surface area contributed by atoms with Crippen molar-refractivity contribution in [1.29, 1.82) is 0 Å². The molecular formula is C22H26N4O2. The number of aryl methyl sites for hydroxylation is 2. The van der Waals surface area contributed by atoms with Gasteiger partial charge in [0.2, 0.25) is 0 Å². The maximum absolute atomic E-state index is 12.5. The SMILES string of the molecule is CCN(CCO)c1ccc(/C=N\NC(=O)c2cn(C)c3ccccc23)c(C)c1. The minimum Gasteiger partial charge on any atom is -0.395 e. The van der Waals surface area contributed by atoms with Gasteiger partial charge >= 0.3 is 0 Å². The van der Waals surface area contributed by atoms with Crippen molar-refractivity contribution < 1.29 is 9.90 Å². The molecule has 0 aliphatic heterocycles. The van der Waals surface area contributed by atoms with E-state index in [1.165, 1.54) is 0 Å². The fourth-order valence-electron chi connectivity index (χ4n) is 3.34. The summed E-state index contributed by atoms with van der Waals surface area (Å²) in [5, 5.41) is 14.2. The van der Waals surface area contributed by atoms with Crippen molar-refractivity contribution in [2.45, 2.75) is 13.8 Å². The van der Waals surface area contributed by atoms with Crippen LogP contribution in [-0.4, -0.2) is 41.5 Å². The van der Waals surface area contributed by atoms with E-state index >= 15 is 0 Å². The number of amides is 1. The zero-order valence-corrected chi connectivity index (χ0v) is 16.5. The first kappa shape index (κ1) is 19.6. The minimum atomic E-state index is -0.234. The third-order valence-corrected chi connectivity index (χ3v) is 4.88. The van der Waals surface area contributed by atoms with Crippen molar-refractivity contribution in [3.05, 3.63) is 65.4 Å². The van der Waals surface area contributed by atoms with Crippen LogP contribution in [0.5, 0.6) is 0 Å². The summed E-state index contributed by atoms with van der Waals surface area (Å²) < 4.78 is 1.93. The molecule has 1 amide bonds. The molecule has 0 spiro atoms. The fraction of sp³-hybridized carbons (Fsp3) is 0.273. The van der Waals surface area contributed by atoms with Gasteiger partial charge in [-0.1, -0.05) is 24.3 Å². The van der Waals surface area contributed by atoms with E-state index in [0.29, 0.717) is 12.1 Å². The number of aliphatic hydroxyl groups is 1. The monoisotopic (exact) mass is 378 g/mol. The Kier molecular flexibility index (Phi) is 6.11. The Morgan fingerprint density at radius 3 is 2.79 bits per heavy atom. The van der Waals surface area contributed by atoms with Crippen LogP contribution in [0, 0.1) is 6.92 Å². The largest absolute Gasteiger partial charge is 0.395 e. The number of aliphatic hydroxyl groups excluding tert-OH is 1. The molecule has 0 aliphatic carbocycles. The Hall–Kier alpha value is -3.12. The molecule has 0 atom stereocenters. The van der Waals surface area contributed by atoms with Gasteiger partial charge < -0.3 is 14.6 Å². The van der Waals surface area contributed by atoms with Gasteiger partial charge in [-0.15, -0.1) is 0 Å². The summed E-state index contributed by atoms with van der Waals surface area (Å²) in [6, 6.07) is 13.8. The van der Waals surface area contributed by atoms with Crippen molar-refractivity contribution >= 4 is 28.7 Å². The molecule has 3 rings (SSSR count). The quantitative estimate of drug-likeness (QED) is 0.490. The highest BCUT2D eigenvalue weighted by molar-refractivity contribution is 6.07. The fourth-order valence-corrected chi connectivity index (χ4v) is 3.34. The number of carbonyl (C=O) groups excluding carboxylic acids is 1. The number of hydrogen-bond acceptors (Lipinski definition) is 4. The molecule has 3 aromatic rings. The van der Waals surface area contributed by atoms with Gasteiger partial charge in [0.05, 0.1) is 18.4 Å². The molecule has 1 aromatic heterocycles. The van der Waals surface area contributed by atoms with Crippen molar-refractivity contribution in [2.75, 3.05) is 24.6 Å². The zero-order chi connectivity index (χ0) is 20.1. The van der Waals surface area contributed by atoms with E-state index in [2.05, 4.69) is 28.4 Å². The highest BCUT2D eigenvalue weighted by atomic mass is 16.3. The van der Waals surface area contributed by atoms with Crippen LogP contribution in [0.15, 0.2) is 53.8 Å². The summed E-state index contributed by atoms with van der Waals surface area (Å²) in [5.41, 5.74) is 7.28. The standard InChI is InChI=1S/C22H26N4O2/c1-4-26(11-12-27)18-10-9-17(16(2)13-18)14-23-24-22(28)20-15-25(3)21-8-6-5-7-19(20)21/h5-10,13-15,27H,4,11-12H2,1-3H3,(H,24,28)/b23-14-. The second-order valence-corrected chi connectivity index (χ2v) is 6.71. The molecule has 146 valence electrons. The van der Waals surface area contributed by atoms with E-state index < -0.39 is 0 Å². The van der Waals surface area contributed by atoms with Crippen LogP contribution in [0.4, 0.5) is 5.69 Å². The Balaban J connectivity index is 1.72. The summed E-state index contributed by atoms with van der Waals surface area (Å²) in [4.78, 5) is 14.6. The van der Waals surface area contributed by atoms with Crippen LogP contribution in [-0.2, 0) is 7.05 Å². The lowest BCUT2D eigenvalue weighted by Gasteiger charge is -2.22. The number of nitrogens with zero attached hydrogens (tertiary/aromatic N) is 3. The topological polar surface area (TPSA) is 69.9 Å². The number of fused-ring (bicyclic) bond motifs is 1. The van der Waals surface area contributed by atoms with Gasteiger partial charge in [-0.2, -0.15) is 5.10 Å². The van der Waals surface area contributed by atoms with Gasteiger partial charge in [-0.25, -0.2) is 5.43 Å². The van der Waals surface area contributed by atoms with Gasteiger partial charge in [-0.05, 0) is 43.2 Å². The molecule has 0 saturated carbocycles. The molecule has 6 nitrogen and oxygen atoms in total. The highest BCUT2D eigenvalue weighted by Gasteiger charge is 2.12. The second kappa shape index (κ2) is 8.71. The lowest BCUT2D eigenvalue weighted by Crippen LogP contribution is -2.26. The third-order valence-electron chi connectivity index (χ3n) is 4.88. The van der Waals surface area contributed by atoms with Crippen LogP contribution >= 0.6 is 0 Å². The normalized spacial score (nSPS) is 11.3. The number of rotatable bonds is 7. The molecule has 0 radical (unpaired) electrons. The third kappa shape index (κ3) is 4.07. The average Bonchev–Trinajstić information content (AvgIpc) is 3.04. The molecule has 28 heavy (non-hydrogen) atoms. The molecule has 0 bridgehead atoms. The Labute approximate surface area is 165 Å². The van der Waals surface area contributed by atoms with E-state index in [9.17, 15) is 9.90 Å². The van der Waals surface area contributed by atoms with Crippen molar-refractivity contribution in [3.63, 3.8) is 0 Å². The molecular weight excluding hydrogens is 352 g/mol. The Morgan fingerprint density at radius 1 is 1.29 bits per heavy atom. The van der Waals surface area contributed by atoms with E-state index in [-0.39, 0.29) is 12.5 Å².